The van der Waals surface area contributed by atoms with Crippen LogP contribution in [0.15, 0.2) is 41.3 Å². The molecule has 0 aromatic heterocycles. The Hall–Kier alpha value is -2.29. The fourth-order valence-electron chi connectivity index (χ4n) is 3.95. The number of nitrogens with one attached hydrogen (secondary N) is 2. The summed E-state index contributed by atoms with van der Waals surface area (Å²) < 4.78 is 41.9. The second kappa shape index (κ2) is 9.46. The molecule has 8 heteroatoms. The largest absolute Gasteiger partial charge is 0.322 e. The predicted molar refractivity (Wildman–Crippen MR) is 120 cm³/mol. The van der Waals surface area contributed by atoms with E-state index in [0.717, 1.165) is 25.9 Å². The number of carbonyl (C=O) groups is 1. The summed E-state index contributed by atoms with van der Waals surface area (Å²) in [7, 11) is -1.60. The fourth-order valence-corrected chi connectivity index (χ4v) is 5.35. The number of carbonyl (C=O) groups excluding carboxylic acids is 1. The van der Waals surface area contributed by atoms with Crippen molar-refractivity contribution in [1.82, 2.24) is 9.62 Å². The van der Waals surface area contributed by atoms with Gasteiger partial charge in [-0.15, -0.1) is 0 Å². The average Bonchev–Trinajstić information content (AvgIpc) is 2.69. The molecule has 1 saturated heterocycles. The van der Waals surface area contributed by atoms with E-state index >= 15 is 0 Å². The molecule has 1 atom stereocenters. The second-order valence-corrected chi connectivity index (χ2v) is 10.2. The molecule has 3 rings (SSSR count). The van der Waals surface area contributed by atoms with Crippen molar-refractivity contribution in [3.05, 3.63) is 58.9 Å². The first-order valence-corrected chi connectivity index (χ1v) is 11.9. The Morgan fingerprint density at radius 1 is 1.10 bits per heavy atom. The Morgan fingerprint density at radius 2 is 1.77 bits per heavy atom. The number of sulfonamides is 1. The van der Waals surface area contributed by atoms with Crippen molar-refractivity contribution in [3.8, 4) is 0 Å². The molecule has 1 amide bonds. The van der Waals surface area contributed by atoms with E-state index in [1.165, 1.54) is 24.3 Å². The van der Waals surface area contributed by atoms with Crippen LogP contribution in [0.4, 0.5) is 10.1 Å². The van der Waals surface area contributed by atoms with Crippen molar-refractivity contribution < 1.29 is 17.6 Å². The summed E-state index contributed by atoms with van der Waals surface area (Å²) in [5.74, 6) is -0.462. The van der Waals surface area contributed by atoms with Crippen molar-refractivity contribution in [3.63, 3.8) is 0 Å². The lowest BCUT2D eigenvalue weighted by Crippen LogP contribution is -2.42. The molecular weight excluding hydrogens is 417 g/mol. The number of piperidine rings is 1. The number of nitrogens with zero attached hydrogens (tertiary/aromatic N) is 1. The zero-order chi connectivity index (χ0) is 22.8. The third-order valence-electron chi connectivity index (χ3n) is 6.00. The third-order valence-corrected chi connectivity index (χ3v) is 7.56. The quantitative estimate of drug-likeness (QED) is 0.708. The lowest BCUT2D eigenvalue weighted by atomic mass is 9.91. The summed E-state index contributed by atoms with van der Waals surface area (Å²) in [6.07, 6.45) is 1.93. The summed E-state index contributed by atoms with van der Waals surface area (Å²) in [5, 5.41) is 2.78. The SMILES string of the molecule is Cc1cc(S(=O)(=O)N[C@H](C)C2CCN(C)CC2)ccc1NC(=O)c1ccc(F)cc1C. The normalized spacial score (nSPS) is 16.8. The van der Waals surface area contributed by atoms with Crippen molar-refractivity contribution >= 4 is 21.6 Å². The number of hydrogen-bond acceptors (Lipinski definition) is 4. The molecule has 0 bridgehead atoms. The maximum absolute atomic E-state index is 13.3. The number of amides is 1. The van der Waals surface area contributed by atoms with Crippen LogP contribution < -0.4 is 10.0 Å². The molecule has 1 fully saturated rings. The highest BCUT2D eigenvalue weighted by molar-refractivity contribution is 7.89. The number of benzene rings is 2. The van der Waals surface area contributed by atoms with Gasteiger partial charge in [-0.05, 0) is 107 Å². The van der Waals surface area contributed by atoms with Crippen molar-refractivity contribution in [1.29, 1.82) is 0 Å². The zero-order valence-electron chi connectivity index (χ0n) is 18.4. The number of halogens is 1. The molecule has 2 aromatic rings. The number of likely N-dealkylation sites (tertiary alicyclic amines) is 1. The summed E-state index contributed by atoms with van der Waals surface area (Å²) in [5.41, 5.74) is 2.03. The highest BCUT2D eigenvalue weighted by Crippen LogP contribution is 2.24. The molecule has 2 N–H and O–H groups in total. The highest BCUT2D eigenvalue weighted by atomic mass is 32.2. The first-order chi connectivity index (χ1) is 14.6. The fraction of sp³-hybridized carbons (Fsp3) is 0.435. The van der Waals surface area contributed by atoms with E-state index < -0.39 is 15.8 Å². The Bertz CT molecular complexity index is 1060. The van der Waals surface area contributed by atoms with Gasteiger partial charge in [0.25, 0.3) is 5.91 Å². The molecule has 31 heavy (non-hydrogen) atoms. The molecule has 1 aliphatic rings. The summed E-state index contributed by atoms with van der Waals surface area (Å²) in [6, 6.07) is 8.44. The van der Waals surface area contributed by atoms with Gasteiger partial charge < -0.3 is 10.2 Å². The molecule has 0 radical (unpaired) electrons. The van der Waals surface area contributed by atoms with Crippen LogP contribution in [0.2, 0.25) is 0 Å². The molecule has 1 aliphatic heterocycles. The van der Waals surface area contributed by atoms with Gasteiger partial charge in [0.2, 0.25) is 10.0 Å². The van der Waals surface area contributed by atoms with E-state index in [2.05, 4.69) is 22.0 Å². The minimum Gasteiger partial charge on any atom is -0.322 e. The molecular formula is C23H30FN3O3S. The number of anilines is 1. The maximum atomic E-state index is 13.3. The van der Waals surface area contributed by atoms with Gasteiger partial charge >= 0.3 is 0 Å². The van der Waals surface area contributed by atoms with E-state index in [1.807, 2.05) is 6.92 Å². The molecule has 168 valence electrons. The Labute approximate surface area is 183 Å². The Kier molecular flexibility index (Phi) is 7.13. The van der Waals surface area contributed by atoms with Gasteiger partial charge in [-0.3, -0.25) is 4.79 Å². The zero-order valence-corrected chi connectivity index (χ0v) is 19.2. The minimum atomic E-state index is -3.67. The molecule has 0 saturated carbocycles. The second-order valence-electron chi connectivity index (χ2n) is 8.44. The third kappa shape index (κ3) is 5.70. The summed E-state index contributed by atoms with van der Waals surface area (Å²) >= 11 is 0. The first kappa shape index (κ1) is 23.4. The number of aryl methyl sites for hydroxylation is 2. The molecule has 2 aromatic carbocycles. The van der Waals surface area contributed by atoms with Crippen LogP contribution in [0.1, 0.15) is 41.3 Å². The van der Waals surface area contributed by atoms with Crippen LogP contribution in [0.5, 0.6) is 0 Å². The van der Waals surface area contributed by atoms with Crippen LogP contribution in [-0.4, -0.2) is 45.4 Å². The maximum Gasteiger partial charge on any atom is 0.255 e. The van der Waals surface area contributed by atoms with Crippen LogP contribution >= 0.6 is 0 Å². The number of hydrogen-bond donors (Lipinski definition) is 2. The first-order valence-electron chi connectivity index (χ1n) is 10.5. The lowest BCUT2D eigenvalue weighted by Gasteiger charge is -2.32. The topological polar surface area (TPSA) is 78.5 Å². The van der Waals surface area contributed by atoms with Crippen LogP contribution in [0, 0.1) is 25.6 Å². The van der Waals surface area contributed by atoms with Gasteiger partial charge in [-0.25, -0.2) is 17.5 Å². The van der Waals surface area contributed by atoms with Gasteiger partial charge in [-0.2, -0.15) is 0 Å². The van der Waals surface area contributed by atoms with Gasteiger partial charge in [0.15, 0.2) is 0 Å². The molecule has 6 nitrogen and oxygen atoms in total. The van der Waals surface area contributed by atoms with E-state index in [4.69, 9.17) is 0 Å². The predicted octanol–water partition coefficient (Wildman–Crippen LogP) is 3.70. The van der Waals surface area contributed by atoms with Crippen LogP contribution in [0.3, 0.4) is 0 Å². The van der Waals surface area contributed by atoms with Gasteiger partial charge in [0.1, 0.15) is 5.82 Å². The Balaban J connectivity index is 1.71. The highest BCUT2D eigenvalue weighted by Gasteiger charge is 2.26. The van der Waals surface area contributed by atoms with Crippen molar-refractivity contribution in [2.24, 2.45) is 5.92 Å². The van der Waals surface area contributed by atoms with Crippen molar-refractivity contribution in [2.45, 2.75) is 44.6 Å². The standard InChI is InChI=1S/C23H30FN3O3S/c1-15-13-19(24)5-7-21(15)23(28)25-22-8-6-20(14-16(22)2)31(29,30)26-17(3)18-9-11-27(4)12-10-18/h5-8,13-14,17-18,26H,9-12H2,1-4H3,(H,25,28)/t17-/m1/s1. The Morgan fingerprint density at radius 3 is 2.39 bits per heavy atom. The molecule has 0 spiro atoms. The average molecular weight is 448 g/mol. The smallest absolute Gasteiger partial charge is 0.255 e. The van der Waals surface area contributed by atoms with E-state index in [-0.39, 0.29) is 16.8 Å². The monoisotopic (exact) mass is 447 g/mol. The molecule has 1 heterocycles. The van der Waals surface area contributed by atoms with Gasteiger partial charge in [-0.1, -0.05) is 0 Å². The molecule has 0 unspecified atom stereocenters. The van der Waals surface area contributed by atoms with Crippen LogP contribution in [-0.2, 0) is 10.0 Å². The minimum absolute atomic E-state index is 0.153. The van der Waals surface area contributed by atoms with Gasteiger partial charge in [0, 0.05) is 17.3 Å². The van der Waals surface area contributed by atoms with E-state index in [9.17, 15) is 17.6 Å². The van der Waals surface area contributed by atoms with Crippen LogP contribution in [0.25, 0.3) is 0 Å². The summed E-state index contributed by atoms with van der Waals surface area (Å²) in [6.45, 7) is 7.26. The van der Waals surface area contributed by atoms with E-state index in [1.54, 1.807) is 26.0 Å². The molecule has 0 aliphatic carbocycles. The van der Waals surface area contributed by atoms with E-state index in [0.29, 0.717) is 28.3 Å². The lowest BCUT2D eigenvalue weighted by molar-refractivity contribution is 0.102. The summed E-state index contributed by atoms with van der Waals surface area (Å²) in [4.78, 5) is 15.0. The van der Waals surface area contributed by atoms with Gasteiger partial charge in [0.05, 0.1) is 4.90 Å². The van der Waals surface area contributed by atoms with Crippen molar-refractivity contribution in [2.75, 3.05) is 25.5 Å². The number of rotatable bonds is 6.